The summed E-state index contributed by atoms with van der Waals surface area (Å²) in [6, 6.07) is 16.6. The Morgan fingerprint density at radius 2 is 0.933 bits per heavy atom. The molecule has 0 spiro atoms. The van der Waals surface area contributed by atoms with E-state index in [0.29, 0.717) is 25.7 Å². The molecule has 0 unspecified atom stereocenters. The van der Waals surface area contributed by atoms with Crippen molar-refractivity contribution in [1.29, 1.82) is 0 Å². The Kier molecular flexibility index (Phi) is 9.45. The molecule has 1 aliphatic carbocycles. The van der Waals surface area contributed by atoms with Crippen LogP contribution in [-0.2, 0) is 23.6 Å². The van der Waals surface area contributed by atoms with Crippen LogP contribution in [0.4, 0.5) is 39.5 Å². The van der Waals surface area contributed by atoms with Gasteiger partial charge in [0.2, 0.25) is 0 Å². The average molecular weight is 709 g/mol. The highest BCUT2D eigenvalue weighted by molar-refractivity contribution is 8.33. The van der Waals surface area contributed by atoms with Crippen molar-refractivity contribution in [1.82, 2.24) is 0 Å². The van der Waals surface area contributed by atoms with Gasteiger partial charge in [-0.2, -0.15) is 47.9 Å². The second kappa shape index (κ2) is 12.1. The largest absolute Gasteiger partial charge is 0.460 e. The lowest BCUT2D eigenvalue weighted by molar-refractivity contribution is -0.382. The third-order valence-corrected chi connectivity index (χ3v) is 14.8. The fraction of sp³-hybridized carbons (Fsp3) is 0.357. The van der Waals surface area contributed by atoms with E-state index in [1.54, 1.807) is 0 Å². The monoisotopic (exact) mass is 708 g/mol. The van der Waals surface area contributed by atoms with E-state index in [9.17, 15) is 47.6 Å². The zero-order valence-electron chi connectivity index (χ0n) is 22.9. The summed E-state index contributed by atoms with van der Waals surface area (Å²) in [5, 5.41) is -7.85. The molecule has 0 atom stereocenters. The molecule has 0 saturated heterocycles. The topological polar surface area (TPSA) is 77.5 Å². The third-order valence-electron chi connectivity index (χ3n) is 7.25. The van der Waals surface area contributed by atoms with Gasteiger partial charge < -0.3 is 0 Å². The van der Waals surface area contributed by atoms with E-state index in [2.05, 4.69) is 0 Å². The molecule has 1 fully saturated rings. The number of sulfone groups is 1. The molecule has 17 heteroatoms. The normalized spacial score (nSPS) is 16.8. The second-order valence-corrected chi connectivity index (χ2v) is 16.9. The molecule has 0 amide bonds. The first-order valence-electron chi connectivity index (χ1n) is 13.2. The molecule has 248 valence electrons. The van der Waals surface area contributed by atoms with Crippen LogP contribution in [0.1, 0.15) is 32.1 Å². The number of halogens is 9. The van der Waals surface area contributed by atoms with Crippen molar-refractivity contribution in [2.75, 3.05) is 0 Å². The summed E-state index contributed by atoms with van der Waals surface area (Å²) in [4.78, 5) is -1.14. The van der Waals surface area contributed by atoms with Gasteiger partial charge in [-0.05, 0) is 71.7 Å². The van der Waals surface area contributed by atoms with Crippen molar-refractivity contribution >= 4 is 30.3 Å². The quantitative estimate of drug-likeness (QED) is 0.197. The summed E-state index contributed by atoms with van der Waals surface area (Å²) in [7, 11) is -15.5. The van der Waals surface area contributed by atoms with Crippen molar-refractivity contribution in [2.45, 2.75) is 80.2 Å². The van der Waals surface area contributed by atoms with Gasteiger partial charge in [0.15, 0.2) is 9.84 Å². The van der Waals surface area contributed by atoms with Crippen LogP contribution in [0.5, 0.6) is 0 Å². The number of alkyl halides is 9. The van der Waals surface area contributed by atoms with Crippen molar-refractivity contribution in [3.63, 3.8) is 0 Å². The molecule has 3 aromatic rings. The summed E-state index contributed by atoms with van der Waals surface area (Å²) in [6.07, 6.45) is -4.35. The van der Waals surface area contributed by atoms with Crippen molar-refractivity contribution in [3.8, 4) is 0 Å². The van der Waals surface area contributed by atoms with Gasteiger partial charge in [0, 0.05) is 14.7 Å². The molecular formula is C28H25F9O5S3. The molecule has 0 N–H and O–H groups in total. The fourth-order valence-corrected chi connectivity index (χ4v) is 11.9. The third kappa shape index (κ3) is 5.96. The first-order valence-corrected chi connectivity index (χ1v) is 17.7. The summed E-state index contributed by atoms with van der Waals surface area (Å²) >= 11 is 0. The number of benzene rings is 3. The smallest absolute Gasteiger partial charge is 0.223 e. The molecular weight excluding hydrogens is 683 g/mol. The van der Waals surface area contributed by atoms with Crippen LogP contribution < -0.4 is 0 Å². The second-order valence-electron chi connectivity index (χ2n) is 10.1. The van der Waals surface area contributed by atoms with E-state index in [1.807, 2.05) is 0 Å². The van der Waals surface area contributed by atoms with Crippen molar-refractivity contribution in [3.05, 3.63) is 84.9 Å². The summed E-state index contributed by atoms with van der Waals surface area (Å²) in [5.74, 6) is -15.0. The molecule has 0 radical (unpaired) electrons. The summed E-state index contributed by atoms with van der Waals surface area (Å²) < 4.78 is 182. The molecule has 3 aromatic carbocycles. The first-order chi connectivity index (χ1) is 20.7. The Bertz CT molecular complexity index is 1650. The highest BCUT2D eigenvalue weighted by Gasteiger charge is 2.86. The number of rotatable bonds is 10. The van der Waals surface area contributed by atoms with Gasteiger partial charge in [-0.1, -0.05) is 55.7 Å². The van der Waals surface area contributed by atoms with Crippen LogP contribution >= 0.6 is 10.3 Å². The fourth-order valence-electron chi connectivity index (χ4n) is 4.83. The predicted molar refractivity (Wildman–Crippen MR) is 147 cm³/mol. The molecule has 0 heterocycles. The van der Waals surface area contributed by atoms with Gasteiger partial charge in [0.05, 0.1) is 10.1 Å². The molecule has 0 aliphatic heterocycles. The lowest BCUT2D eigenvalue weighted by Crippen LogP contribution is -2.63. The highest BCUT2D eigenvalue weighted by Crippen LogP contribution is 2.71. The highest BCUT2D eigenvalue weighted by atomic mass is 32.3. The number of hydrogen-bond acceptors (Lipinski definition) is 5. The zero-order valence-corrected chi connectivity index (χ0v) is 25.3. The molecule has 45 heavy (non-hydrogen) atoms. The van der Waals surface area contributed by atoms with E-state index >= 15 is 8.78 Å². The Morgan fingerprint density at radius 3 is 1.36 bits per heavy atom. The summed E-state index contributed by atoms with van der Waals surface area (Å²) in [5.41, 5.74) is 0. The minimum Gasteiger partial charge on any atom is -0.223 e. The SMILES string of the molecule is O=S(=O)(c1ccc(S(OS(=O)(=O)C(F)(F)C(F)(F)C(F)(F)C(F)(F)F)(c2ccccc2)c2ccccc2)cc1)C1CCCCC1. The molecule has 5 nitrogen and oxygen atoms in total. The molecule has 4 rings (SSSR count). The van der Waals surface area contributed by atoms with Crippen LogP contribution in [0.2, 0.25) is 0 Å². The Labute approximate surface area is 255 Å². The van der Waals surface area contributed by atoms with E-state index in [0.717, 1.165) is 55.0 Å². The zero-order chi connectivity index (χ0) is 33.5. The lowest BCUT2D eigenvalue weighted by Gasteiger charge is -2.41. The first kappa shape index (κ1) is 35.1. The van der Waals surface area contributed by atoms with Crippen LogP contribution in [0.3, 0.4) is 0 Å². The van der Waals surface area contributed by atoms with Crippen molar-refractivity contribution < 1.29 is 60.0 Å². The van der Waals surface area contributed by atoms with E-state index < -0.39 is 58.8 Å². The van der Waals surface area contributed by atoms with Gasteiger partial charge in [-0.3, -0.25) is 0 Å². The summed E-state index contributed by atoms with van der Waals surface area (Å²) in [6.45, 7) is 0. The van der Waals surface area contributed by atoms with Gasteiger partial charge in [0.1, 0.15) is 0 Å². The Hall–Kier alpha value is -2.76. The van der Waals surface area contributed by atoms with Crippen LogP contribution in [-0.4, -0.2) is 45.4 Å². The van der Waals surface area contributed by atoms with Crippen molar-refractivity contribution in [2.24, 2.45) is 0 Å². The van der Waals surface area contributed by atoms with E-state index in [4.69, 9.17) is 3.63 Å². The maximum Gasteiger partial charge on any atom is 0.460 e. The van der Waals surface area contributed by atoms with Crippen LogP contribution in [0, 0.1) is 0 Å². The van der Waals surface area contributed by atoms with Gasteiger partial charge in [0.25, 0.3) is 0 Å². The van der Waals surface area contributed by atoms with Gasteiger partial charge in [-0.25, -0.2) is 12.0 Å². The molecule has 1 aliphatic rings. The average Bonchev–Trinajstić information content (AvgIpc) is 3.00. The molecule has 0 aromatic heterocycles. The van der Waals surface area contributed by atoms with Gasteiger partial charge in [-0.15, -0.1) is 0 Å². The predicted octanol–water partition coefficient (Wildman–Crippen LogP) is 8.76. The number of hydrogen-bond donors (Lipinski definition) is 0. The Balaban J connectivity index is 1.95. The minimum absolute atomic E-state index is 0.225. The van der Waals surface area contributed by atoms with Crippen LogP contribution in [0.15, 0.2) is 105 Å². The van der Waals surface area contributed by atoms with E-state index in [-0.39, 0.29) is 19.6 Å². The molecule has 0 bridgehead atoms. The maximum atomic E-state index is 15.0. The maximum absolute atomic E-state index is 15.0. The van der Waals surface area contributed by atoms with Crippen LogP contribution in [0.25, 0.3) is 0 Å². The Morgan fingerprint density at radius 1 is 0.533 bits per heavy atom. The van der Waals surface area contributed by atoms with E-state index in [1.165, 1.54) is 36.4 Å². The lowest BCUT2D eigenvalue weighted by atomic mass is 10.0. The van der Waals surface area contributed by atoms with Gasteiger partial charge >= 0.3 is 33.4 Å². The standard InChI is InChI=1S/C28H25F9O5S3/c29-25(30,27(33,34)35)26(31,32)28(36,37)45(40,41)42-43(20-10-4-1-5-11-20,21-12-6-2-7-13-21)22-16-18-24(19-17-22)44(38,39)23-14-8-3-9-15-23/h1-2,4-7,10-13,16-19,23H,3,8-9,14-15H2. The minimum atomic E-state index is -7.52. The molecule has 1 saturated carbocycles.